The second-order valence-electron chi connectivity index (χ2n) is 4.73. The third kappa shape index (κ3) is 4.22. The van der Waals surface area contributed by atoms with Crippen LogP contribution in [0.1, 0.15) is 40.0 Å². The first kappa shape index (κ1) is 13.7. The van der Waals surface area contributed by atoms with Gasteiger partial charge in [-0.3, -0.25) is 9.69 Å². The molecule has 3 nitrogen and oxygen atoms in total. The minimum Gasteiger partial charge on any atom is -0.377 e. The Morgan fingerprint density at radius 1 is 1.50 bits per heavy atom. The highest BCUT2D eigenvalue weighted by Crippen LogP contribution is 2.14. The van der Waals surface area contributed by atoms with Gasteiger partial charge in [0.15, 0.2) is 0 Å². The van der Waals surface area contributed by atoms with Crippen molar-refractivity contribution in [1.29, 1.82) is 0 Å². The number of hydrogen-bond donors (Lipinski definition) is 0. The van der Waals surface area contributed by atoms with Crippen LogP contribution in [0.5, 0.6) is 0 Å². The van der Waals surface area contributed by atoms with Crippen molar-refractivity contribution in [3.8, 4) is 0 Å². The van der Waals surface area contributed by atoms with Crippen molar-refractivity contribution in [3.63, 3.8) is 0 Å². The minimum atomic E-state index is 0.201. The standard InChI is InChI=1S/C13H25NO2/c1-4-11(3)13(15)10-14-8-6-7-12(9-14)16-5-2/h11-12H,4-10H2,1-3H3. The zero-order valence-electron chi connectivity index (χ0n) is 10.9. The molecule has 1 rings (SSSR count). The SMILES string of the molecule is CCOC1CCCN(CC(=O)C(C)CC)C1. The summed E-state index contributed by atoms with van der Waals surface area (Å²) in [5, 5.41) is 0. The van der Waals surface area contributed by atoms with Crippen molar-refractivity contribution in [3.05, 3.63) is 0 Å². The van der Waals surface area contributed by atoms with Crippen LogP contribution >= 0.6 is 0 Å². The lowest BCUT2D eigenvalue weighted by Crippen LogP contribution is -2.43. The average molecular weight is 227 g/mol. The van der Waals surface area contributed by atoms with Crippen molar-refractivity contribution in [2.45, 2.75) is 46.1 Å². The second-order valence-corrected chi connectivity index (χ2v) is 4.73. The van der Waals surface area contributed by atoms with Crippen molar-refractivity contribution < 1.29 is 9.53 Å². The molecule has 0 aliphatic carbocycles. The summed E-state index contributed by atoms with van der Waals surface area (Å²) in [6.07, 6.45) is 3.57. The van der Waals surface area contributed by atoms with E-state index in [-0.39, 0.29) is 5.92 Å². The molecule has 94 valence electrons. The normalized spacial score (nSPS) is 24.3. The molecule has 2 atom stereocenters. The van der Waals surface area contributed by atoms with E-state index in [1.165, 1.54) is 0 Å². The fourth-order valence-corrected chi connectivity index (χ4v) is 2.13. The van der Waals surface area contributed by atoms with E-state index >= 15 is 0 Å². The Morgan fingerprint density at radius 3 is 2.88 bits per heavy atom. The number of carbonyl (C=O) groups is 1. The molecule has 0 aromatic carbocycles. The first-order valence-corrected chi connectivity index (χ1v) is 6.54. The van der Waals surface area contributed by atoms with Gasteiger partial charge in [-0.2, -0.15) is 0 Å². The molecular formula is C13H25NO2. The quantitative estimate of drug-likeness (QED) is 0.696. The van der Waals surface area contributed by atoms with Crippen LogP contribution in [-0.4, -0.2) is 43.0 Å². The monoisotopic (exact) mass is 227 g/mol. The molecule has 1 aliphatic heterocycles. The molecule has 0 spiro atoms. The lowest BCUT2D eigenvalue weighted by molar-refractivity contribution is -0.124. The highest BCUT2D eigenvalue weighted by molar-refractivity contribution is 5.82. The summed E-state index contributed by atoms with van der Waals surface area (Å²) in [7, 11) is 0. The van der Waals surface area contributed by atoms with Gasteiger partial charge < -0.3 is 4.74 Å². The van der Waals surface area contributed by atoms with Gasteiger partial charge in [-0.25, -0.2) is 0 Å². The molecule has 16 heavy (non-hydrogen) atoms. The molecule has 1 saturated heterocycles. The Kier molecular flexibility index (Phi) is 5.99. The van der Waals surface area contributed by atoms with E-state index in [9.17, 15) is 4.79 Å². The molecule has 0 aromatic rings. The third-order valence-electron chi connectivity index (χ3n) is 3.41. The summed E-state index contributed by atoms with van der Waals surface area (Å²) in [5.74, 6) is 0.576. The number of Topliss-reactive ketones (excluding diaryl/α,β-unsaturated/α-hetero) is 1. The van der Waals surface area contributed by atoms with E-state index in [4.69, 9.17) is 4.74 Å². The molecule has 0 bridgehead atoms. The fourth-order valence-electron chi connectivity index (χ4n) is 2.13. The molecule has 0 radical (unpaired) electrons. The van der Waals surface area contributed by atoms with Crippen LogP contribution in [0.15, 0.2) is 0 Å². The molecule has 1 aliphatic rings. The Bertz CT molecular complexity index is 216. The Labute approximate surface area is 99.1 Å². The van der Waals surface area contributed by atoms with Crippen LogP contribution < -0.4 is 0 Å². The largest absolute Gasteiger partial charge is 0.377 e. The molecular weight excluding hydrogens is 202 g/mol. The number of ether oxygens (including phenoxy) is 1. The van der Waals surface area contributed by atoms with E-state index in [2.05, 4.69) is 11.8 Å². The molecule has 2 unspecified atom stereocenters. The van der Waals surface area contributed by atoms with E-state index < -0.39 is 0 Å². The van der Waals surface area contributed by atoms with Gasteiger partial charge in [0.05, 0.1) is 12.6 Å². The van der Waals surface area contributed by atoms with Crippen molar-refractivity contribution in [2.24, 2.45) is 5.92 Å². The smallest absolute Gasteiger partial charge is 0.149 e. The molecule has 0 amide bonds. The van der Waals surface area contributed by atoms with Crippen molar-refractivity contribution in [1.82, 2.24) is 4.90 Å². The van der Waals surface area contributed by atoms with Gasteiger partial charge in [0.2, 0.25) is 0 Å². The Morgan fingerprint density at radius 2 is 2.25 bits per heavy atom. The zero-order chi connectivity index (χ0) is 12.0. The molecule has 3 heteroatoms. The highest BCUT2D eigenvalue weighted by atomic mass is 16.5. The van der Waals surface area contributed by atoms with E-state index in [0.29, 0.717) is 18.4 Å². The summed E-state index contributed by atoms with van der Waals surface area (Å²) in [4.78, 5) is 14.1. The summed E-state index contributed by atoms with van der Waals surface area (Å²) in [6, 6.07) is 0. The van der Waals surface area contributed by atoms with Crippen LogP contribution in [-0.2, 0) is 9.53 Å². The topological polar surface area (TPSA) is 29.5 Å². The number of hydrogen-bond acceptors (Lipinski definition) is 3. The number of rotatable bonds is 6. The maximum absolute atomic E-state index is 11.8. The molecule has 0 N–H and O–H groups in total. The molecule has 0 saturated carbocycles. The predicted octanol–water partition coefficient (Wildman–Crippen LogP) is 2.10. The maximum Gasteiger partial charge on any atom is 0.149 e. The van der Waals surface area contributed by atoms with Crippen LogP contribution in [0.25, 0.3) is 0 Å². The second kappa shape index (κ2) is 7.02. The molecule has 1 heterocycles. The average Bonchev–Trinajstić information content (AvgIpc) is 2.29. The first-order chi connectivity index (χ1) is 7.67. The lowest BCUT2D eigenvalue weighted by atomic mass is 10.0. The van der Waals surface area contributed by atoms with Crippen molar-refractivity contribution >= 4 is 5.78 Å². The van der Waals surface area contributed by atoms with E-state index in [1.807, 2.05) is 13.8 Å². The molecule has 0 aromatic heterocycles. The van der Waals surface area contributed by atoms with Crippen LogP contribution in [0.2, 0.25) is 0 Å². The lowest BCUT2D eigenvalue weighted by Gasteiger charge is -2.32. The van der Waals surface area contributed by atoms with Crippen LogP contribution in [0.4, 0.5) is 0 Å². The van der Waals surface area contributed by atoms with Gasteiger partial charge in [-0.15, -0.1) is 0 Å². The van der Waals surface area contributed by atoms with Gasteiger partial charge in [-0.1, -0.05) is 13.8 Å². The molecule has 1 fully saturated rings. The summed E-state index contributed by atoms with van der Waals surface area (Å²) < 4.78 is 5.63. The van der Waals surface area contributed by atoms with Gasteiger partial charge in [0, 0.05) is 19.1 Å². The predicted molar refractivity (Wildman–Crippen MR) is 65.6 cm³/mol. The Hall–Kier alpha value is -0.410. The van der Waals surface area contributed by atoms with E-state index in [0.717, 1.165) is 39.0 Å². The van der Waals surface area contributed by atoms with Gasteiger partial charge in [-0.05, 0) is 32.7 Å². The summed E-state index contributed by atoms with van der Waals surface area (Å²) in [6.45, 7) is 9.48. The fraction of sp³-hybridized carbons (Fsp3) is 0.923. The number of piperidine rings is 1. The number of ketones is 1. The number of likely N-dealkylation sites (tertiary alicyclic amines) is 1. The maximum atomic E-state index is 11.8. The van der Waals surface area contributed by atoms with Crippen molar-refractivity contribution in [2.75, 3.05) is 26.2 Å². The minimum absolute atomic E-state index is 0.201. The summed E-state index contributed by atoms with van der Waals surface area (Å²) in [5.41, 5.74) is 0. The van der Waals surface area contributed by atoms with Crippen LogP contribution in [0, 0.1) is 5.92 Å². The van der Waals surface area contributed by atoms with Crippen LogP contribution in [0.3, 0.4) is 0 Å². The highest BCUT2D eigenvalue weighted by Gasteiger charge is 2.22. The summed E-state index contributed by atoms with van der Waals surface area (Å²) >= 11 is 0. The Balaban J connectivity index is 2.33. The van der Waals surface area contributed by atoms with Gasteiger partial charge >= 0.3 is 0 Å². The van der Waals surface area contributed by atoms with E-state index in [1.54, 1.807) is 0 Å². The third-order valence-corrected chi connectivity index (χ3v) is 3.41. The zero-order valence-corrected chi connectivity index (χ0v) is 10.9. The number of nitrogens with zero attached hydrogens (tertiary/aromatic N) is 1. The van der Waals surface area contributed by atoms with Gasteiger partial charge in [0.1, 0.15) is 5.78 Å². The van der Waals surface area contributed by atoms with Gasteiger partial charge in [0.25, 0.3) is 0 Å². The first-order valence-electron chi connectivity index (χ1n) is 6.54. The number of carbonyl (C=O) groups excluding carboxylic acids is 1.